The lowest BCUT2D eigenvalue weighted by atomic mass is 9.61. The fourth-order valence-corrected chi connectivity index (χ4v) is 9.97. The lowest BCUT2D eigenvalue weighted by molar-refractivity contribution is -0.109. The Balaban J connectivity index is 1.92. The first-order valence-corrected chi connectivity index (χ1v) is 21.9. The summed E-state index contributed by atoms with van der Waals surface area (Å²) < 4.78 is 14.1. The number of carbonyl (C=O) groups excluding carboxylic acids is 1. The van der Waals surface area contributed by atoms with Crippen LogP contribution in [0.25, 0.3) is 0 Å². The van der Waals surface area contributed by atoms with Crippen molar-refractivity contribution >= 4 is 22.9 Å². The average molecular weight is 587 g/mol. The maximum absolute atomic E-state index is 11.3. The SMILES string of the molecule is C=C1/C(=C/C=C2\CCC[C@@]3(C)C2CCC3[C@@H](C)CC=O)CC(O[Si](C)(C)C(C)(C)C)CC1O[Si](C)(C)C(C)(C)C. The zero-order valence-corrected chi connectivity index (χ0v) is 30.2. The molecule has 6 atom stereocenters. The fourth-order valence-electron chi connectivity index (χ4n) is 7.30. The van der Waals surface area contributed by atoms with Gasteiger partial charge < -0.3 is 13.6 Å². The van der Waals surface area contributed by atoms with Crippen LogP contribution in [0, 0.1) is 23.2 Å². The van der Waals surface area contributed by atoms with Crippen LogP contribution in [0.5, 0.6) is 0 Å². The number of rotatable bonds is 8. The van der Waals surface area contributed by atoms with Crippen molar-refractivity contribution in [2.75, 3.05) is 0 Å². The van der Waals surface area contributed by atoms with Crippen LogP contribution in [0.1, 0.15) is 107 Å². The summed E-state index contributed by atoms with van der Waals surface area (Å²) in [6.45, 7) is 32.9. The zero-order valence-electron chi connectivity index (χ0n) is 28.2. The molecule has 228 valence electrons. The number of hydrogen-bond acceptors (Lipinski definition) is 3. The number of aldehydes is 1. The van der Waals surface area contributed by atoms with Gasteiger partial charge in [-0.3, -0.25) is 0 Å². The van der Waals surface area contributed by atoms with Crippen LogP contribution >= 0.6 is 0 Å². The Bertz CT molecular complexity index is 993. The minimum atomic E-state index is -1.97. The van der Waals surface area contributed by atoms with E-state index < -0.39 is 16.6 Å². The molecule has 3 fully saturated rings. The largest absolute Gasteiger partial charge is 0.413 e. The van der Waals surface area contributed by atoms with Gasteiger partial charge in [0.1, 0.15) is 6.29 Å². The van der Waals surface area contributed by atoms with Crippen molar-refractivity contribution in [1.29, 1.82) is 0 Å². The summed E-state index contributed by atoms with van der Waals surface area (Å²) in [4.78, 5) is 11.3. The van der Waals surface area contributed by atoms with Crippen LogP contribution in [0.4, 0.5) is 0 Å². The maximum atomic E-state index is 11.3. The Labute approximate surface area is 249 Å². The highest BCUT2D eigenvalue weighted by atomic mass is 28.4. The van der Waals surface area contributed by atoms with Gasteiger partial charge in [0.25, 0.3) is 0 Å². The van der Waals surface area contributed by atoms with E-state index in [1.54, 1.807) is 5.57 Å². The molecule has 0 aliphatic heterocycles. The summed E-state index contributed by atoms with van der Waals surface area (Å²) in [5.41, 5.74) is 4.42. The second-order valence-electron chi connectivity index (χ2n) is 16.7. The number of carbonyl (C=O) groups is 1. The third-order valence-corrected chi connectivity index (χ3v) is 20.9. The molecular weight excluding hydrogens is 525 g/mol. The summed E-state index contributed by atoms with van der Waals surface area (Å²) in [6.07, 6.45) is 14.9. The van der Waals surface area contributed by atoms with Crippen molar-refractivity contribution in [1.82, 2.24) is 0 Å². The molecule has 0 aromatic heterocycles. The van der Waals surface area contributed by atoms with Gasteiger partial charge in [-0.2, -0.15) is 0 Å². The predicted octanol–water partition coefficient (Wildman–Crippen LogP) is 10.4. The van der Waals surface area contributed by atoms with Gasteiger partial charge in [0.15, 0.2) is 16.6 Å². The summed E-state index contributed by atoms with van der Waals surface area (Å²) in [5.74, 6) is 1.76. The molecule has 0 bridgehead atoms. The van der Waals surface area contributed by atoms with E-state index in [1.807, 2.05) is 0 Å². The molecule has 0 aromatic rings. The van der Waals surface area contributed by atoms with E-state index in [0.717, 1.165) is 19.1 Å². The second kappa shape index (κ2) is 12.1. The van der Waals surface area contributed by atoms with Gasteiger partial charge in [0.2, 0.25) is 0 Å². The fraction of sp³-hybridized carbons (Fsp3) is 0.800. The third-order valence-electron chi connectivity index (χ3n) is 11.9. The highest BCUT2D eigenvalue weighted by Crippen LogP contribution is 2.59. The summed E-state index contributed by atoms with van der Waals surface area (Å²) in [7, 11) is -3.89. The maximum Gasteiger partial charge on any atom is 0.192 e. The quantitative estimate of drug-likeness (QED) is 0.210. The van der Waals surface area contributed by atoms with Crippen LogP contribution in [0.3, 0.4) is 0 Å². The van der Waals surface area contributed by atoms with Gasteiger partial charge in [0, 0.05) is 12.8 Å². The molecule has 0 heterocycles. The first-order chi connectivity index (χ1) is 18.2. The van der Waals surface area contributed by atoms with E-state index in [4.69, 9.17) is 8.85 Å². The van der Waals surface area contributed by atoms with Crippen LogP contribution in [0.2, 0.25) is 36.3 Å². The van der Waals surface area contributed by atoms with Crippen LogP contribution in [-0.4, -0.2) is 35.1 Å². The van der Waals surface area contributed by atoms with Crippen LogP contribution in [-0.2, 0) is 13.6 Å². The van der Waals surface area contributed by atoms with Gasteiger partial charge in [0.05, 0.1) is 12.2 Å². The smallest absolute Gasteiger partial charge is 0.192 e. The Morgan fingerprint density at radius 2 is 1.60 bits per heavy atom. The number of hydrogen-bond donors (Lipinski definition) is 0. The topological polar surface area (TPSA) is 35.5 Å². The minimum absolute atomic E-state index is 0.0192. The van der Waals surface area contributed by atoms with E-state index >= 15 is 0 Å². The van der Waals surface area contributed by atoms with E-state index in [-0.39, 0.29) is 22.3 Å². The van der Waals surface area contributed by atoms with E-state index in [2.05, 4.69) is 100 Å². The third kappa shape index (κ3) is 7.06. The molecule has 0 spiro atoms. The van der Waals surface area contributed by atoms with E-state index in [9.17, 15) is 4.79 Å². The molecule has 40 heavy (non-hydrogen) atoms. The lowest BCUT2D eigenvalue weighted by Gasteiger charge is -2.45. The van der Waals surface area contributed by atoms with Crippen molar-refractivity contribution in [3.8, 4) is 0 Å². The molecule has 0 amide bonds. The summed E-state index contributed by atoms with van der Waals surface area (Å²) >= 11 is 0. The molecule has 3 rings (SSSR count). The first kappa shape index (κ1) is 33.7. The molecule has 5 heteroatoms. The Morgan fingerprint density at radius 1 is 1.00 bits per heavy atom. The van der Waals surface area contributed by atoms with Gasteiger partial charge in [-0.1, -0.05) is 79.7 Å². The highest BCUT2D eigenvalue weighted by Gasteiger charge is 2.50. The lowest BCUT2D eigenvalue weighted by Crippen LogP contribution is -2.49. The van der Waals surface area contributed by atoms with Crippen LogP contribution < -0.4 is 0 Å². The van der Waals surface area contributed by atoms with Crippen molar-refractivity contribution in [2.24, 2.45) is 23.2 Å². The molecule has 0 saturated heterocycles. The molecule has 0 radical (unpaired) electrons. The Kier molecular flexibility index (Phi) is 10.2. The van der Waals surface area contributed by atoms with Crippen molar-refractivity contribution in [3.05, 3.63) is 35.5 Å². The average Bonchev–Trinajstić information content (AvgIpc) is 3.16. The molecule has 0 aromatic carbocycles. The van der Waals surface area contributed by atoms with Crippen molar-refractivity contribution in [3.63, 3.8) is 0 Å². The number of allylic oxidation sites excluding steroid dienone is 3. The van der Waals surface area contributed by atoms with Crippen LogP contribution in [0.15, 0.2) is 35.5 Å². The van der Waals surface area contributed by atoms with Gasteiger partial charge in [-0.05, 0) is 109 Å². The molecule has 4 unspecified atom stereocenters. The predicted molar refractivity (Wildman–Crippen MR) is 177 cm³/mol. The van der Waals surface area contributed by atoms with Crippen molar-refractivity contribution < 1.29 is 13.6 Å². The minimum Gasteiger partial charge on any atom is -0.413 e. The van der Waals surface area contributed by atoms with Crippen molar-refractivity contribution in [2.45, 2.75) is 155 Å². The van der Waals surface area contributed by atoms with Gasteiger partial charge in [-0.15, -0.1) is 0 Å². The molecule has 3 nitrogen and oxygen atoms in total. The second-order valence-corrected chi connectivity index (χ2v) is 26.3. The standard InChI is InChI=1S/C35H62O3Si2/c1-25(20-22-36)30-18-19-31-27(15-14-21-35(30,31)9)16-17-28-23-29(37-39(10,11)33(3,4)5)24-32(26(28)2)38-40(12,13)34(6,7)8/h16-17,22,25,29-32H,2,14-15,18-21,23-24H2,1,3-13H3/b27-16+,28-17+/t25-,29?,30?,31?,32?,35+/m0/s1. The van der Waals surface area contributed by atoms with E-state index in [1.165, 1.54) is 43.3 Å². The summed E-state index contributed by atoms with van der Waals surface area (Å²) in [5, 5.41) is 0.328. The zero-order chi connectivity index (χ0) is 30.3. The first-order valence-electron chi connectivity index (χ1n) is 16.1. The van der Waals surface area contributed by atoms with E-state index in [0.29, 0.717) is 29.6 Å². The van der Waals surface area contributed by atoms with Gasteiger partial charge >= 0.3 is 0 Å². The molecule has 3 aliphatic carbocycles. The molecular formula is C35H62O3Si2. The monoisotopic (exact) mass is 586 g/mol. The molecule has 0 N–H and O–H groups in total. The highest BCUT2D eigenvalue weighted by molar-refractivity contribution is 6.74. The molecule has 3 aliphatic rings. The molecule has 3 saturated carbocycles. The Morgan fingerprint density at radius 3 is 2.17 bits per heavy atom. The Hall–Kier alpha value is -0.756. The number of fused-ring (bicyclic) bond motifs is 1. The summed E-state index contributed by atoms with van der Waals surface area (Å²) in [6, 6.07) is 0. The normalized spacial score (nSPS) is 33.4. The van der Waals surface area contributed by atoms with Gasteiger partial charge in [-0.25, -0.2) is 0 Å².